The quantitative estimate of drug-likeness (QED) is 0.849. The van der Waals surface area contributed by atoms with Crippen molar-refractivity contribution in [2.45, 2.75) is 39.2 Å². The van der Waals surface area contributed by atoms with E-state index in [4.69, 9.17) is 5.73 Å². The molecule has 0 aliphatic heterocycles. The highest BCUT2D eigenvalue weighted by molar-refractivity contribution is 5.78. The Bertz CT molecular complexity index is 605. The fourth-order valence-corrected chi connectivity index (χ4v) is 3.35. The maximum atomic E-state index is 13.5. The van der Waals surface area contributed by atoms with Gasteiger partial charge < -0.3 is 10.3 Å². The Morgan fingerprint density at radius 2 is 2.11 bits per heavy atom. The maximum Gasteiger partial charge on any atom is 0.201 e. The number of rotatable bonds is 1. The van der Waals surface area contributed by atoms with Gasteiger partial charge in [0.1, 0.15) is 5.82 Å². The number of nitrogens with zero attached hydrogens (tertiary/aromatic N) is 2. The van der Waals surface area contributed by atoms with E-state index >= 15 is 0 Å². The first-order chi connectivity index (χ1) is 9.08. The summed E-state index contributed by atoms with van der Waals surface area (Å²) < 4.78 is 15.5. The number of benzene rings is 1. The first-order valence-electron chi connectivity index (χ1n) is 7.01. The molecule has 3 nitrogen and oxygen atoms in total. The lowest BCUT2D eigenvalue weighted by molar-refractivity contribution is 0.191. The van der Waals surface area contributed by atoms with Gasteiger partial charge in [-0.05, 0) is 36.5 Å². The van der Waals surface area contributed by atoms with Gasteiger partial charge in [-0.1, -0.05) is 26.7 Å². The SMILES string of the molecule is CC1CCCC(n2c(N)nc3ccc(F)cc32)C1C. The Morgan fingerprint density at radius 1 is 1.32 bits per heavy atom. The monoisotopic (exact) mass is 261 g/mol. The summed E-state index contributed by atoms with van der Waals surface area (Å²) in [5.74, 6) is 1.48. The number of hydrogen-bond acceptors (Lipinski definition) is 2. The van der Waals surface area contributed by atoms with Crippen molar-refractivity contribution in [3.05, 3.63) is 24.0 Å². The van der Waals surface area contributed by atoms with Crippen LogP contribution < -0.4 is 5.73 Å². The maximum absolute atomic E-state index is 13.5. The molecular weight excluding hydrogens is 241 g/mol. The average Bonchev–Trinajstić information content (AvgIpc) is 2.69. The van der Waals surface area contributed by atoms with Crippen LogP contribution in [-0.4, -0.2) is 9.55 Å². The summed E-state index contributed by atoms with van der Waals surface area (Å²) in [5, 5.41) is 0. The standard InChI is InChI=1S/C15H20FN3/c1-9-4-3-5-13(10(9)2)19-14-8-11(16)6-7-12(14)18-15(19)17/h6-10,13H,3-5H2,1-2H3,(H2,17,18). The van der Waals surface area contributed by atoms with E-state index in [1.165, 1.54) is 18.9 Å². The summed E-state index contributed by atoms with van der Waals surface area (Å²) in [5.41, 5.74) is 7.68. The molecule has 1 aliphatic carbocycles. The van der Waals surface area contributed by atoms with E-state index in [1.54, 1.807) is 12.1 Å². The van der Waals surface area contributed by atoms with Crippen LogP contribution >= 0.6 is 0 Å². The third kappa shape index (κ3) is 1.99. The molecule has 19 heavy (non-hydrogen) atoms. The number of fused-ring (bicyclic) bond motifs is 1. The van der Waals surface area contributed by atoms with Gasteiger partial charge in [-0.15, -0.1) is 0 Å². The van der Waals surface area contributed by atoms with Crippen LogP contribution in [0.25, 0.3) is 11.0 Å². The van der Waals surface area contributed by atoms with Gasteiger partial charge in [-0.3, -0.25) is 0 Å². The van der Waals surface area contributed by atoms with E-state index in [-0.39, 0.29) is 5.82 Å². The molecule has 4 heteroatoms. The third-order valence-corrected chi connectivity index (χ3v) is 4.67. The van der Waals surface area contributed by atoms with Crippen LogP contribution in [0.1, 0.15) is 39.2 Å². The molecule has 1 heterocycles. The first kappa shape index (κ1) is 12.5. The van der Waals surface area contributed by atoms with E-state index < -0.39 is 0 Å². The zero-order valence-corrected chi connectivity index (χ0v) is 11.4. The van der Waals surface area contributed by atoms with Crippen molar-refractivity contribution in [2.75, 3.05) is 5.73 Å². The van der Waals surface area contributed by atoms with Crippen LogP contribution in [0.2, 0.25) is 0 Å². The largest absolute Gasteiger partial charge is 0.369 e. The normalized spacial score (nSPS) is 27.8. The van der Waals surface area contributed by atoms with Gasteiger partial charge >= 0.3 is 0 Å². The van der Waals surface area contributed by atoms with E-state index in [0.29, 0.717) is 23.8 Å². The predicted octanol–water partition coefficient (Wildman–Crippen LogP) is 3.75. The van der Waals surface area contributed by atoms with E-state index in [0.717, 1.165) is 17.5 Å². The van der Waals surface area contributed by atoms with Crippen LogP contribution in [-0.2, 0) is 0 Å². The number of anilines is 1. The first-order valence-corrected chi connectivity index (χ1v) is 7.01. The zero-order valence-electron chi connectivity index (χ0n) is 11.4. The van der Waals surface area contributed by atoms with Crippen molar-refractivity contribution in [3.8, 4) is 0 Å². The Labute approximate surface area is 112 Å². The highest BCUT2D eigenvalue weighted by Gasteiger charge is 2.30. The van der Waals surface area contributed by atoms with Gasteiger partial charge in [0.15, 0.2) is 0 Å². The molecule has 102 valence electrons. The summed E-state index contributed by atoms with van der Waals surface area (Å²) in [6, 6.07) is 5.01. The zero-order chi connectivity index (χ0) is 13.6. The summed E-state index contributed by atoms with van der Waals surface area (Å²) in [6.07, 6.45) is 3.56. The van der Waals surface area contributed by atoms with Gasteiger partial charge in [-0.25, -0.2) is 9.37 Å². The fourth-order valence-electron chi connectivity index (χ4n) is 3.35. The van der Waals surface area contributed by atoms with Crippen molar-refractivity contribution < 1.29 is 4.39 Å². The van der Waals surface area contributed by atoms with Gasteiger partial charge in [0.05, 0.1) is 11.0 Å². The molecule has 0 spiro atoms. The molecule has 1 aliphatic rings. The molecule has 1 saturated carbocycles. The minimum absolute atomic E-state index is 0.231. The minimum atomic E-state index is -0.231. The summed E-state index contributed by atoms with van der Waals surface area (Å²) in [7, 11) is 0. The van der Waals surface area contributed by atoms with Crippen molar-refractivity contribution in [3.63, 3.8) is 0 Å². The van der Waals surface area contributed by atoms with Crippen LogP contribution in [0.5, 0.6) is 0 Å². The van der Waals surface area contributed by atoms with Gasteiger partial charge in [0.2, 0.25) is 5.95 Å². The molecule has 3 atom stereocenters. The van der Waals surface area contributed by atoms with E-state index in [1.807, 2.05) is 4.57 Å². The van der Waals surface area contributed by atoms with E-state index in [2.05, 4.69) is 18.8 Å². The number of nitrogens with two attached hydrogens (primary N) is 1. The van der Waals surface area contributed by atoms with Crippen LogP contribution in [0, 0.1) is 17.7 Å². The summed E-state index contributed by atoms with van der Waals surface area (Å²) >= 11 is 0. The average molecular weight is 261 g/mol. The Morgan fingerprint density at radius 3 is 2.89 bits per heavy atom. The van der Waals surface area contributed by atoms with Crippen molar-refractivity contribution in [1.82, 2.24) is 9.55 Å². The number of imidazole rings is 1. The lowest BCUT2D eigenvalue weighted by Crippen LogP contribution is -2.27. The Balaban J connectivity index is 2.13. The highest BCUT2D eigenvalue weighted by Crippen LogP contribution is 2.40. The third-order valence-electron chi connectivity index (χ3n) is 4.67. The number of aromatic nitrogens is 2. The summed E-state index contributed by atoms with van der Waals surface area (Å²) in [4.78, 5) is 4.36. The topological polar surface area (TPSA) is 43.8 Å². The molecule has 1 aromatic heterocycles. The van der Waals surface area contributed by atoms with Gasteiger partial charge in [0, 0.05) is 6.04 Å². The molecule has 1 aromatic carbocycles. The molecule has 0 amide bonds. The second kappa shape index (κ2) is 4.51. The second-order valence-electron chi connectivity index (χ2n) is 5.81. The molecule has 1 fully saturated rings. The summed E-state index contributed by atoms with van der Waals surface area (Å²) in [6.45, 7) is 4.55. The molecule has 3 rings (SSSR count). The minimum Gasteiger partial charge on any atom is -0.369 e. The van der Waals surface area contributed by atoms with Crippen LogP contribution in [0.4, 0.5) is 10.3 Å². The molecule has 0 saturated heterocycles. The number of nitrogen functional groups attached to an aromatic ring is 1. The van der Waals surface area contributed by atoms with Crippen molar-refractivity contribution >= 4 is 17.0 Å². The molecule has 0 bridgehead atoms. The molecule has 0 radical (unpaired) electrons. The van der Waals surface area contributed by atoms with Crippen LogP contribution in [0.3, 0.4) is 0 Å². The predicted molar refractivity (Wildman–Crippen MR) is 75.3 cm³/mol. The molecule has 3 unspecified atom stereocenters. The molecule has 2 N–H and O–H groups in total. The molecule has 2 aromatic rings. The lowest BCUT2D eigenvalue weighted by Gasteiger charge is -2.35. The van der Waals surface area contributed by atoms with E-state index in [9.17, 15) is 4.39 Å². The Hall–Kier alpha value is -1.58. The highest BCUT2D eigenvalue weighted by atomic mass is 19.1. The fraction of sp³-hybridized carbons (Fsp3) is 0.533. The molecular formula is C15H20FN3. The lowest BCUT2D eigenvalue weighted by atomic mass is 9.78. The van der Waals surface area contributed by atoms with Crippen LogP contribution in [0.15, 0.2) is 18.2 Å². The van der Waals surface area contributed by atoms with Gasteiger partial charge in [0.25, 0.3) is 0 Å². The number of hydrogen-bond donors (Lipinski definition) is 1. The van der Waals surface area contributed by atoms with Crippen molar-refractivity contribution in [1.29, 1.82) is 0 Å². The van der Waals surface area contributed by atoms with Gasteiger partial charge in [-0.2, -0.15) is 0 Å². The number of halogens is 1. The smallest absolute Gasteiger partial charge is 0.201 e. The second-order valence-corrected chi connectivity index (χ2v) is 5.81. The van der Waals surface area contributed by atoms with Crippen molar-refractivity contribution in [2.24, 2.45) is 11.8 Å². The Kier molecular flexibility index (Phi) is 2.96.